The molecule has 1 aliphatic heterocycles. The van der Waals surface area contributed by atoms with Gasteiger partial charge in [-0.25, -0.2) is 0 Å². The molecule has 16 heavy (non-hydrogen) atoms. The molecular weight excluding hydrogens is 244 g/mol. The Labute approximate surface area is 104 Å². The maximum absolute atomic E-state index is 11.7. The second kappa shape index (κ2) is 4.03. The molecule has 1 aromatic rings. The van der Waals surface area contributed by atoms with Gasteiger partial charge in [-0.3, -0.25) is 4.79 Å². The summed E-state index contributed by atoms with van der Waals surface area (Å²) < 4.78 is 0. The van der Waals surface area contributed by atoms with Gasteiger partial charge in [0.2, 0.25) is 0 Å². The fourth-order valence-electron chi connectivity index (χ4n) is 1.71. The van der Waals surface area contributed by atoms with E-state index in [2.05, 4.69) is 10.6 Å². The zero-order valence-electron chi connectivity index (χ0n) is 8.71. The Morgan fingerprint density at radius 3 is 2.50 bits per heavy atom. The van der Waals surface area contributed by atoms with Crippen molar-refractivity contribution in [2.24, 2.45) is 0 Å². The van der Waals surface area contributed by atoms with Gasteiger partial charge in [0.15, 0.2) is 5.11 Å². The summed E-state index contributed by atoms with van der Waals surface area (Å²) in [5.74, 6) is -0.0903. The van der Waals surface area contributed by atoms with Crippen LogP contribution in [0.1, 0.15) is 12.5 Å². The van der Waals surface area contributed by atoms with Gasteiger partial charge >= 0.3 is 0 Å². The third-order valence-corrected chi connectivity index (χ3v) is 3.04. The molecule has 1 fully saturated rings. The first-order chi connectivity index (χ1) is 7.49. The number of amides is 1. The van der Waals surface area contributed by atoms with Gasteiger partial charge < -0.3 is 10.6 Å². The molecule has 0 spiro atoms. The van der Waals surface area contributed by atoms with E-state index >= 15 is 0 Å². The van der Waals surface area contributed by atoms with Crippen LogP contribution in [0.5, 0.6) is 0 Å². The molecule has 0 radical (unpaired) electrons. The SMILES string of the molecule is CC1(Cc2ccc(Cl)cc2)NC(=S)NC1=O. The monoisotopic (exact) mass is 254 g/mol. The number of hydrogen-bond donors (Lipinski definition) is 2. The number of carbonyl (C=O) groups excluding carboxylic acids is 1. The van der Waals surface area contributed by atoms with E-state index in [-0.39, 0.29) is 5.91 Å². The van der Waals surface area contributed by atoms with Crippen molar-refractivity contribution in [1.29, 1.82) is 0 Å². The van der Waals surface area contributed by atoms with Crippen LogP contribution in [0.2, 0.25) is 5.02 Å². The second-order valence-electron chi connectivity index (χ2n) is 4.04. The minimum atomic E-state index is -0.662. The van der Waals surface area contributed by atoms with Crippen LogP contribution in [-0.4, -0.2) is 16.6 Å². The van der Waals surface area contributed by atoms with Gasteiger partial charge in [-0.05, 0) is 36.8 Å². The van der Waals surface area contributed by atoms with Crippen molar-refractivity contribution >= 4 is 34.8 Å². The summed E-state index contributed by atoms with van der Waals surface area (Å²) >= 11 is 10.7. The van der Waals surface area contributed by atoms with Crippen LogP contribution in [0.25, 0.3) is 0 Å². The Morgan fingerprint density at radius 1 is 1.38 bits per heavy atom. The van der Waals surface area contributed by atoms with Gasteiger partial charge in [-0.2, -0.15) is 0 Å². The molecule has 1 heterocycles. The van der Waals surface area contributed by atoms with Crippen molar-refractivity contribution in [1.82, 2.24) is 10.6 Å². The van der Waals surface area contributed by atoms with Gasteiger partial charge in [-0.15, -0.1) is 0 Å². The number of halogens is 1. The van der Waals surface area contributed by atoms with E-state index in [1.807, 2.05) is 31.2 Å². The molecule has 1 aliphatic rings. The molecule has 0 bridgehead atoms. The minimum absolute atomic E-state index is 0.0903. The van der Waals surface area contributed by atoms with Crippen molar-refractivity contribution in [3.8, 4) is 0 Å². The maximum Gasteiger partial charge on any atom is 0.251 e. The largest absolute Gasteiger partial charge is 0.348 e. The van der Waals surface area contributed by atoms with Crippen LogP contribution in [0.3, 0.4) is 0 Å². The minimum Gasteiger partial charge on any atom is -0.348 e. The van der Waals surface area contributed by atoms with Crippen LogP contribution in [0.15, 0.2) is 24.3 Å². The van der Waals surface area contributed by atoms with E-state index in [0.717, 1.165) is 5.56 Å². The van der Waals surface area contributed by atoms with E-state index in [9.17, 15) is 4.79 Å². The molecule has 0 aromatic heterocycles. The number of rotatable bonds is 2. The normalized spacial score (nSPS) is 24.1. The smallest absolute Gasteiger partial charge is 0.251 e. The van der Waals surface area contributed by atoms with Crippen molar-refractivity contribution in [3.05, 3.63) is 34.9 Å². The zero-order valence-corrected chi connectivity index (χ0v) is 10.3. The average molecular weight is 255 g/mol. The van der Waals surface area contributed by atoms with Gasteiger partial charge in [-0.1, -0.05) is 23.7 Å². The molecule has 2 rings (SSSR count). The van der Waals surface area contributed by atoms with E-state index in [0.29, 0.717) is 16.6 Å². The van der Waals surface area contributed by atoms with E-state index in [1.165, 1.54) is 0 Å². The number of benzene rings is 1. The highest BCUT2D eigenvalue weighted by Crippen LogP contribution is 2.18. The molecule has 0 aliphatic carbocycles. The van der Waals surface area contributed by atoms with Crippen LogP contribution >= 0.6 is 23.8 Å². The number of carbonyl (C=O) groups is 1. The lowest BCUT2D eigenvalue weighted by Crippen LogP contribution is -2.45. The molecule has 5 heteroatoms. The third-order valence-electron chi connectivity index (χ3n) is 2.59. The Hall–Kier alpha value is -1.13. The Kier molecular flexibility index (Phi) is 2.86. The van der Waals surface area contributed by atoms with Crippen LogP contribution in [0, 0.1) is 0 Å². The maximum atomic E-state index is 11.7. The Morgan fingerprint density at radius 2 is 2.00 bits per heavy atom. The molecule has 1 aromatic carbocycles. The fraction of sp³-hybridized carbons (Fsp3) is 0.273. The quantitative estimate of drug-likeness (QED) is 0.789. The summed E-state index contributed by atoms with van der Waals surface area (Å²) in [5, 5.41) is 6.65. The Bertz CT molecular complexity index is 446. The molecular formula is C11H11ClN2OS. The predicted octanol–water partition coefficient (Wildman–Crippen LogP) is 1.65. The summed E-state index contributed by atoms with van der Waals surface area (Å²) in [4.78, 5) is 11.7. The second-order valence-corrected chi connectivity index (χ2v) is 4.89. The molecule has 1 saturated heterocycles. The number of thiocarbonyl (C=S) groups is 1. The van der Waals surface area contributed by atoms with Crippen LogP contribution in [0.4, 0.5) is 0 Å². The van der Waals surface area contributed by atoms with Crippen molar-refractivity contribution in [2.75, 3.05) is 0 Å². The average Bonchev–Trinajstić information content (AvgIpc) is 2.44. The summed E-state index contributed by atoms with van der Waals surface area (Å²) in [6.07, 6.45) is 0.580. The van der Waals surface area contributed by atoms with E-state index in [4.69, 9.17) is 23.8 Å². The Balaban J connectivity index is 2.18. The lowest BCUT2D eigenvalue weighted by atomic mass is 9.93. The topological polar surface area (TPSA) is 41.1 Å². The van der Waals surface area contributed by atoms with Gasteiger partial charge in [0.25, 0.3) is 5.91 Å². The van der Waals surface area contributed by atoms with Gasteiger partial charge in [0, 0.05) is 11.4 Å². The highest BCUT2D eigenvalue weighted by atomic mass is 35.5. The lowest BCUT2D eigenvalue weighted by Gasteiger charge is -2.21. The molecule has 1 atom stereocenters. The van der Waals surface area contributed by atoms with Crippen LogP contribution in [-0.2, 0) is 11.2 Å². The van der Waals surface area contributed by atoms with Crippen LogP contribution < -0.4 is 10.6 Å². The van der Waals surface area contributed by atoms with Crippen molar-refractivity contribution < 1.29 is 4.79 Å². The lowest BCUT2D eigenvalue weighted by molar-refractivity contribution is -0.123. The molecule has 1 unspecified atom stereocenters. The van der Waals surface area contributed by atoms with Gasteiger partial charge in [0.1, 0.15) is 5.54 Å². The summed E-state index contributed by atoms with van der Waals surface area (Å²) in [6, 6.07) is 7.44. The van der Waals surface area contributed by atoms with Gasteiger partial charge in [0.05, 0.1) is 0 Å². The predicted molar refractivity (Wildman–Crippen MR) is 67.4 cm³/mol. The summed E-state index contributed by atoms with van der Waals surface area (Å²) in [6.45, 7) is 1.83. The highest BCUT2D eigenvalue weighted by molar-refractivity contribution is 7.80. The number of hydrogen-bond acceptors (Lipinski definition) is 2. The molecule has 1 amide bonds. The first-order valence-electron chi connectivity index (χ1n) is 4.88. The molecule has 0 saturated carbocycles. The first-order valence-corrected chi connectivity index (χ1v) is 5.66. The third kappa shape index (κ3) is 2.18. The number of nitrogens with one attached hydrogen (secondary N) is 2. The van der Waals surface area contributed by atoms with Crippen molar-refractivity contribution in [2.45, 2.75) is 18.9 Å². The van der Waals surface area contributed by atoms with Crippen molar-refractivity contribution in [3.63, 3.8) is 0 Å². The molecule has 2 N–H and O–H groups in total. The standard InChI is InChI=1S/C11H11ClN2OS/c1-11(9(15)13-10(16)14-11)6-7-2-4-8(12)5-3-7/h2-5H,6H2,1H3,(H2,13,14,15,16). The fourth-order valence-corrected chi connectivity index (χ4v) is 2.16. The van der Waals surface area contributed by atoms with E-state index in [1.54, 1.807) is 0 Å². The first kappa shape index (κ1) is 11.4. The highest BCUT2D eigenvalue weighted by Gasteiger charge is 2.39. The molecule has 3 nitrogen and oxygen atoms in total. The summed E-state index contributed by atoms with van der Waals surface area (Å²) in [5.41, 5.74) is 0.379. The summed E-state index contributed by atoms with van der Waals surface area (Å²) in [7, 11) is 0. The van der Waals surface area contributed by atoms with E-state index < -0.39 is 5.54 Å². The zero-order chi connectivity index (χ0) is 11.8. The molecule has 84 valence electrons.